The molecule has 0 heterocycles. The van der Waals surface area contributed by atoms with E-state index < -0.39 is 5.60 Å². The summed E-state index contributed by atoms with van der Waals surface area (Å²) in [4.78, 5) is 13.9. The lowest BCUT2D eigenvalue weighted by molar-refractivity contribution is -0.133. The zero-order chi connectivity index (χ0) is 15.3. The molecule has 1 aliphatic carbocycles. The van der Waals surface area contributed by atoms with E-state index in [1.807, 2.05) is 0 Å². The van der Waals surface area contributed by atoms with Gasteiger partial charge in [0.25, 0.3) is 0 Å². The molecule has 1 aromatic carbocycles. The highest BCUT2D eigenvalue weighted by Gasteiger charge is 2.33. The first-order valence-electron chi connectivity index (χ1n) is 8.06. The molecule has 0 bridgehead atoms. The van der Waals surface area contributed by atoms with Crippen LogP contribution in [0.1, 0.15) is 50.2 Å². The lowest BCUT2D eigenvalue weighted by Gasteiger charge is -2.28. The average Bonchev–Trinajstić information content (AvgIpc) is 2.91. The van der Waals surface area contributed by atoms with Gasteiger partial charge >= 0.3 is 0 Å². The van der Waals surface area contributed by atoms with Gasteiger partial charge in [-0.25, -0.2) is 0 Å². The number of carbonyl (C=O) groups excluding carboxylic acids is 1. The summed E-state index contributed by atoms with van der Waals surface area (Å²) in [5.74, 6) is 0.120. The van der Waals surface area contributed by atoms with Crippen LogP contribution < -0.4 is 0 Å². The van der Waals surface area contributed by atoms with Gasteiger partial charge in [0, 0.05) is 20.0 Å². The molecule has 21 heavy (non-hydrogen) atoms. The van der Waals surface area contributed by atoms with Crippen LogP contribution in [0, 0.1) is 0 Å². The summed E-state index contributed by atoms with van der Waals surface area (Å²) in [6, 6.07) is 8.47. The molecule has 0 saturated heterocycles. The first-order valence-corrected chi connectivity index (χ1v) is 8.06. The van der Waals surface area contributed by atoms with E-state index in [9.17, 15) is 9.90 Å². The lowest BCUT2D eigenvalue weighted by atomic mass is 10.0. The maximum atomic E-state index is 12.2. The number of rotatable bonds is 6. The monoisotopic (exact) mass is 289 g/mol. The number of aliphatic hydroxyl groups is 1. The fourth-order valence-corrected chi connectivity index (χ4v) is 3.10. The highest BCUT2D eigenvalue weighted by molar-refractivity contribution is 5.76. The Kier molecular flexibility index (Phi) is 5.40. The van der Waals surface area contributed by atoms with Gasteiger partial charge in [-0.3, -0.25) is 4.79 Å². The molecule has 116 valence electrons. The standard InChI is InChI=1S/C18H27NO2/c1-3-15-6-8-16(9-7-15)10-11-17(20)19(2)14-18(21)12-4-5-13-18/h6-9,21H,3-5,10-14H2,1-2H3. The van der Waals surface area contributed by atoms with Crippen molar-refractivity contribution in [2.75, 3.05) is 13.6 Å². The van der Waals surface area contributed by atoms with Crippen LogP contribution in [0.3, 0.4) is 0 Å². The van der Waals surface area contributed by atoms with Crippen molar-refractivity contribution in [2.24, 2.45) is 0 Å². The molecule has 1 aliphatic rings. The molecule has 1 N–H and O–H groups in total. The van der Waals surface area contributed by atoms with Gasteiger partial charge in [-0.05, 0) is 36.8 Å². The van der Waals surface area contributed by atoms with Gasteiger partial charge in [-0.2, -0.15) is 0 Å². The summed E-state index contributed by atoms with van der Waals surface area (Å²) in [6.07, 6.45) is 6.11. The highest BCUT2D eigenvalue weighted by Crippen LogP contribution is 2.30. The summed E-state index contributed by atoms with van der Waals surface area (Å²) in [5.41, 5.74) is 1.88. The van der Waals surface area contributed by atoms with E-state index in [2.05, 4.69) is 31.2 Å². The zero-order valence-electron chi connectivity index (χ0n) is 13.3. The molecule has 3 heteroatoms. The summed E-state index contributed by atoms with van der Waals surface area (Å²) >= 11 is 0. The second kappa shape index (κ2) is 7.08. The number of aryl methyl sites for hydroxylation is 2. The molecule has 3 nitrogen and oxygen atoms in total. The topological polar surface area (TPSA) is 40.5 Å². The molecular weight excluding hydrogens is 262 g/mol. The first-order chi connectivity index (χ1) is 10.0. The maximum Gasteiger partial charge on any atom is 0.222 e. The average molecular weight is 289 g/mol. The molecule has 1 amide bonds. The third-order valence-corrected chi connectivity index (χ3v) is 4.55. The van der Waals surface area contributed by atoms with E-state index in [-0.39, 0.29) is 5.91 Å². The number of nitrogens with zero attached hydrogens (tertiary/aromatic N) is 1. The predicted molar refractivity (Wildman–Crippen MR) is 85.2 cm³/mol. The Hall–Kier alpha value is -1.35. The molecule has 1 fully saturated rings. The minimum Gasteiger partial charge on any atom is -0.388 e. The molecule has 1 aromatic rings. The Morgan fingerprint density at radius 3 is 2.33 bits per heavy atom. The second-order valence-corrected chi connectivity index (χ2v) is 6.35. The van der Waals surface area contributed by atoms with Crippen molar-refractivity contribution in [1.82, 2.24) is 4.90 Å². The predicted octanol–water partition coefficient (Wildman–Crippen LogP) is 2.95. The fraction of sp³-hybridized carbons (Fsp3) is 0.611. The van der Waals surface area contributed by atoms with Crippen molar-refractivity contribution in [2.45, 2.75) is 57.5 Å². The van der Waals surface area contributed by atoms with E-state index in [0.29, 0.717) is 13.0 Å². The normalized spacial score (nSPS) is 16.9. The number of likely N-dealkylation sites (N-methyl/N-ethyl adjacent to an activating group) is 1. The molecule has 2 rings (SSSR count). The van der Waals surface area contributed by atoms with Gasteiger partial charge in [0.05, 0.1) is 5.60 Å². The molecule has 0 aromatic heterocycles. The van der Waals surface area contributed by atoms with E-state index in [0.717, 1.165) is 38.5 Å². The SMILES string of the molecule is CCc1ccc(CCC(=O)N(C)CC2(O)CCCC2)cc1. The Morgan fingerprint density at radius 1 is 1.19 bits per heavy atom. The van der Waals surface area contributed by atoms with Crippen LogP contribution in [-0.2, 0) is 17.6 Å². The van der Waals surface area contributed by atoms with Crippen molar-refractivity contribution in [1.29, 1.82) is 0 Å². The largest absolute Gasteiger partial charge is 0.388 e. The van der Waals surface area contributed by atoms with Crippen molar-refractivity contribution in [3.05, 3.63) is 35.4 Å². The van der Waals surface area contributed by atoms with Crippen LogP contribution >= 0.6 is 0 Å². The van der Waals surface area contributed by atoms with Crippen LogP contribution in [0.4, 0.5) is 0 Å². The zero-order valence-corrected chi connectivity index (χ0v) is 13.3. The maximum absolute atomic E-state index is 12.2. The molecule has 0 spiro atoms. The van der Waals surface area contributed by atoms with Crippen molar-refractivity contribution in [3.8, 4) is 0 Å². The summed E-state index contributed by atoms with van der Waals surface area (Å²) in [6.45, 7) is 2.61. The van der Waals surface area contributed by atoms with Crippen LogP contribution in [0.15, 0.2) is 24.3 Å². The molecule has 0 unspecified atom stereocenters. The van der Waals surface area contributed by atoms with Crippen LogP contribution in [-0.4, -0.2) is 35.1 Å². The van der Waals surface area contributed by atoms with Crippen molar-refractivity contribution in [3.63, 3.8) is 0 Å². The third-order valence-electron chi connectivity index (χ3n) is 4.55. The molecule has 0 radical (unpaired) electrons. The summed E-state index contributed by atoms with van der Waals surface area (Å²) < 4.78 is 0. The highest BCUT2D eigenvalue weighted by atomic mass is 16.3. The Morgan fingerprint density at radius 2 is 1.76 bits per heavy atom. The molecule has 0 aliphatic heterocycles. The van der Waals surface area contributed by atoms with Crippen LogP contribution in [0.5, 0.6) is 0 Å². The second-order valence-electron chi connectivity index (χ2n) is 6.35. The van der Waals surface area contributed by atoms with Gasteiger partial charge in [0.1, 0.15) is 0 Å². The third kappa shape index (κ3) is 4.57. The summed E-state index contributed by atoms with van der Waals surface area (Å²) in [5, 5.41) is 10.4. The van der Waals surface area contributed by atoms with Gasteiger partial charge in [-0.15, -0.1) is 0 Å². The number of hydrogen-bond donors (Lipinski definition) is 1. The number of carbonyl (C=O) groups is 1. The van der Waals surface area contributed by atoms with Gasteiger partial charge in [0.15, 0.2) is 0 Å². The van der Waals surface area contributed by atoms with Gasteiger partial charge < -0.3 is 10.0 Å². The van der Waals surface area contributed by atoms with Crippen LogP contribution in [0.2, 0.25) is 0 Å². The smallest absolute Gasteiger partial charge is 0.222 e. The molecule has 0 atom stereocenters. The number of hydrogen-bond acceptors (Lipinski definition) is 2. The fourth-order valence-electron chi connectivity index (χ4n) is 3.10. The van der Waals surface area contributed by atoms with Crippen molar-refractivity contribution >= 4 is 5.91 Å². The van der Waals surface area contributed by atoms with E-state index in [4.69, 9.17) is 0 Å². The van der Waals surface area contributed by atoms with Gasteiger partial charge in [0.2, 0.25) is 5.91 Å². The minimum atomic E-state index is -0.646. The quantitative estimate of drug-likeness (QED) is 0.874. The van der Waals surface area contributed by atoms with E-state index in [1.54, 1.807) is 11.9 Å². The number of benzene rings is 1. The first kappa shape index (κ1) is 16.0. The minimum absolute atomic E-state index is 0.120. The van der Waals surface area contributed by atoms with Gasteiger partial charge in [-0.1, -0.05) is 44.0 Å². The Balaban J connectivity index is 1.80. The van der Waals surface area contributed by atoms with E-state index >= 15 is 0 Å². The van der Waals surface area contributed by atoms with Crippen molar-refractivity contribution < 1.29 is 9.90 Å². The lowest BCUT2D eigenvalue weighted by Crippen LogP contribution is -2.42. The summed E-state index contributed by atoms with van der Waals surface area (Å²) in [7, 11) is 1.80. The van der Waals surface area contributed by atoms with E-state index in [1.165, 1.54) is 11.1 Å². The molecular formula is C18H27NO2. The molecule has 1 saturated carbocycles. The van der Waals surface area contributed by atoms with Crippen LogP contribution in [0.25, 0.3) is 0 Å². The Bertz CT molecular complexity index is 461. The Labute approximate surface area is 128 Å². The number of amides is 1.